The van der Waals surface area contributed by atoms with Gasteiger partial charge in [0, 0.05) is 17.5 Å². The number of carbonyl (C=O) groups excluding carboxylic acids is 1. The monoisotopic (exact) mass is 295 g/mol. The van der Waals surface area contributed by atoms with Gasteiger partial charge in [-0.1, -0.05) is 37.6 Å². The lowest BCUT2D eigenvalue weighted by atomic mass is 10.0. The van der Waals surface area contributed by atoms with Crippen LogP contribution < -0.4 is 5.32 Å². The van der Waals surface area contributed by atoms with Crippen LogP contribution in [0.5, 0.6) is 0 Å². The zero-order valence-electron chi connectivity index (χ0n) is 12.6. The number of hydrogen-bond acceptors (Lipinski definition) is 4. The maximum absolute atomic E-state index is 11.0. The molecule has 1 unspecified atom stereocenters. The number of thioether (sulfide) groups is 1. The van der Waals surface area contributed by atoms with Gasteiger partial charge in [0.25, 0.3) is 0 Å². The van der Waals surface area contributed by atoms with Crippen molar-refractivity contribution in [3.8, 4) is 0 Å². The molecule has 1 aromatic rings. The number of carbonyl (C=O) groups is 1. The molecule has 0 aliphatic carbocycles. The molecule has 0 fully saturated rings. The molecular weight excluding hydrogens is 270 g/mol. The summed E-state index contributed by atoms with van der Waals surface area (Å²) in [7, 11) is 3.41. The van der Waals surface area contributed by atoms with Gasteiger partial charge in [-0.2, -0.15) is 11.8 Å². The molecule has 112 valence electrons. The summed E-state index contributed by atoms with van der Waals surface area (Å²) in [6.07, 6.45) is 2.80. The minimum absolute atomic E-state index is 0.137. The van der Waals surface area contributed by atoms with Gasteiger partial charge in [-0.05, 0) is 24.6 Å². The van der Waals surface area contributed by atoms with Crippen LogP contribution in [0.4, 0.5) is 0 Å². The molecule has 1 N–H and O–H groups in total. The molecule has 0 saturated carbocycles. The number of rotatable bonds is 9. The predicted molar refractivity (Wildman–Crippen MR) is 86.2 cm³/mol. The average molecular weight is 295 g/mol. The fourth-order valence-electron chi connectivity index (χ4n) is 2.01. The molecule has 0 amide bonds. The smallest absolute Gasteiger partial charge is 0.306 e. The molecule has 1 rings (SSSR count). The lowest BCUT2D eigenvalue weighted by Gasteiger charge is -2.16. The van der Waals surface area contributed by atoms with E-state index in [-0.39, 0.29) is 5.97 Å². The second-order valence-electron chi connectivity index (χ2n) is 4.73. The minimum Gasteiger partial charge on any atom is -0.469 e. The molecule has 0 aliphatic heterocycles. The summed E-state index contributed by atoms with van der Waals surface area (Å²) in [5, 5.41) is 3.33. The molecule has 0 radical (unpaired) electrons. The van der Waals surface area contributed by atoms with Crippen molar-refractivity contribution < 1.29 is 9.53 Å². The summed E-state index contributed by atoms with van der Waals surface area (Å²) < 4.78 is 4.64. The number of methoxy groups -OCH3 is 1. The number of esters is 1. The van der Waals surface area contributed by atoms with Crippen LogP contribution in [0.1, 0.15) is 36.9 Å². The van der Waals surface area contributed by atoms with E-state index < -0.39 is 0 Å². The van der Waals surface area contributed by atoms with Crippen molar-refractivity contribution in [2.24, 2.45) is 0 Å². The third-order valence-corrected chi connectivity index (χ3v) is 4.29. The van der Waals surface area contributed by atoms with E-state index in [1.54, 1.807) is 11.8 Å². The number of nitrogens with one attached hydrogen (secondary N) is 1. The highest BCUT2D eigenvalue weighted by Crippen LogP contribution is 2.19. The van der Waals surface area contributed by atoms with Crippen molar-refractivity contribution >= 4 is 17.7 Å². The highest BCUT2D eigenvalue weighted by Gasteiger charge is 2.09. The largest absolute Gasteiger partial charge is 0.469 e. The SMILES string of the molecule is CCCc1ccc(C(CSCCC(=O)OC)NC)cc1. The second kappa shape index (κ2) is 9.83. The summed E-state index contributed by atoms with van der Waals surface area (Å²) in [6.45, 7) is 2.20. The van der Waals surface area contributed by atoms with Crippen LogP contribution in [-0.4, -0.2) is 31.6 Å². The Labute approximate surface area is 126 Å². The number of hydrogen-bond donors (Lipinski definition) is 1. The third-order valence-electron chi connectivity index (χ3n) is 3.23. The first-order valence-electron chi connectivity index (χ1n) is 7.12. The fraction of sp³-hybridized carbons (Fsp3) is 0.562. The normalized spacial score (nSPS) is 12.2. The van der Waals surface area contributed by atoms with Gasteiger partial charge in [-0.15, -0.1) is 0 Å². The Balaban J connectivity index is 2.43. The second-order valence-corrected chi connectivity index (χ2v) is 5.88. The first-order chi connectivity index (χ1) is 9.71. The van der Waals surface area contributed by atoms with Crippen molar-refractivity contribution in [1.82, 2.24) is 5.32 Å². The van der Waals surface area contributed by atoms with E-state index in [1.165, 1.54) is 24.7 Å². The first kappa shape index (κ1) is 17.1. The molecule has 0 heterocycles. The van der Waals surface area contributed by atoms with Crippen molar-refractivity contribution in [3.63, 3.8) is 0 Å². The van der Waals surface area contributed by atoms with Crippen molar-refractivity contribution in [1.29, 1.82) is 0 Å². The maximum atomic E-state index is 11.0. The lowest BCUT2D eigenvalue weighted by Crippen LogP contribution is -2.19. The molecule has 0 spiro atoms. The molecule has 1 aromatic carbocycles. The first-order valence-corrected chi connectivity index (χ1v) is 8.27. The Morgan fingerprint density at radius 1 is 1.35 bits per heavy atom. The van der Waals surface area contributed by atoms with Crippen LogP contribution in [0.2, 0.25) is 0 Å². The quantitative estimate of drug-likeness (QED) is 0.561. The summed E-state index contributed by atoms with van der Waals surface area (Å²) in [4.78, 5) is 11.0. The van der Waals surface area contributed by atoms with E-state index in [1.807, 2.05) is 7.05 Å². The van der Waals surface area contributed by atoms with E-state index >= 15 is 0 Å². The van der Waals surface area contributed by atoms with Gasteiger partial charge >= 0.3 is 5.97 Å². The molecule has 0 bridgehead atoms. The van der Waals surface area contributed by atoms with Gasteiger partial charge in [0.15, 0.2) is 0 Å². The zero-order valence-corrected chi connectivity index (χ0v) is 13.5. The Hall–Kier alpha value is -1.00. The number of benzene rings is 1. The van der Waals surface area contributed by atoms with Gasteiger partial charge in [0.05, 0.1) is 13.5 Å². The minimum atomic E-state index is -0.137. The van der Waals surface area contributed by atoms with Crippen molar-refractivity contribution in [3.05, 3.63) is 35.4 Å². The van der Waals surface area contributed by atoms with Gasteiger partial charge < -0.3 is 10.1 Å². The van der Waals surface area contributed by atoms with Crippen LogP contribution in [0.25, 0.3) is 0 Å². The Morgan fingerprint density at radius 3 is 2.60 bits per heavy atom. The van der Waals surface area contributed by atoms with Crippen molar-refractivity contribution in [2.75, 3.05) is 25.7 Å². The summed E-state index contributed by atoms with van der Waals surface area (Å²) >= 11 is 1.78. The van der Waals surface area contributed by atoms with Crippen LogP contribution in [0.15, 0.2) is 24.3 Å². The fourth-order valence-corrected chi connectivity index (χ4v) is 3.08. The highest BCUT2D eigenvalue weighted by atomic mass is 32.2. The van der Waals surface area contributed by atoms with Crippen molar-refractivity contribution in [2.45, 2.75) is 32.2 Å². The molecule has 0 aliphatic rings. The van der Waals surface area contributed by atoms with Crippen LogP contribution in [0.3, 0.4) is 0 Å². The average Bonchev–Trinajstić information content (AvgIpc) is 2.48. The molecular formula is C16H25NO2S. The Kier molecular flexibility index (Phi) is 8.38. The van der Waals surface area contributed by atoms with Crippen LogP contribution in [-0.2, 0) is 16.0 Å². The van der Waals surface area contributed by atoms with E-state index in [2.05, 4.69) is 41.2 Å². The predicted octanol–water partition coefficient (Wildman–Crippen LogP) is 3.20. The van der Waals surface area contributed by atoms with Gasteiger partial charge in [-0.25, -0.2) is 0 Å². The zero-order chi connectivity index (χ0) is 14.8. The number of ether oxygens (including phenoxy) is 1. The van der Waals surface area contributed by atoms with E-state index in [0.29, 0.717) is 12.5 Å². The van der Waals surface area contributed by atoms with Gasteiger partial charge in [0.1, 0.15) is 0 Å². The Bertz CT molecular complexity index is 392. The number of aryl methyl sites for hydroxylation is 1. The highest BCUT2D eigenvalue weighted by molar-refractivity contribution is 7.99. The molecule has 4 heteroatoms. The molecule has 0 aromatic heterocycles. The molecule has 1 atom stereocenters. The van der Waals surface area contributed by atoms with E-state index in [0.717, 1.165) is 17.9 Å². The van der Waals surface area contributed by atoms with E-state index in [9.17, 15) is 4.79 Å². The van der Waals surface area contributed by atoms with Crippen LogP contribution >= 0.6 is 11.8 Å². The van der Waals surface area contributed by atoms with Crippen LogP contribution in [0, 0.1) is 0 Å². The van der Waals surface area contributed by atoms with E-state index in [4.69, 9.17) is 0 Å². The maximum Gasteiger partial charge on any atom is 0.306 e. The summed E-state index contributed by atoms with van der Waals surface area (Å²) in [5.41, 5.74) is 2.70. The summed E-state index contributed by atoms with van der Waals surface area (Å²) in [5.74, 6) is 1.63. The molecule has 3 nitrogen and oxygen atoms in total. The van der Waals surface area contributed by atoms with Gasteiger partial charge in [-0.3, -0.25) is 4.79 Å². The molecule has 0 saturated heterocycles. The molecule has 20 heavy (non-hydrogen) atoms. The standard InChI is InChI=1S/C16H25NO2S/c1-4-5-13-6-8-14(9-7-13)15(17-2)12-20-11-10-16(18)19-3/h6-9,15,17H,4-5,10-12H2,1-3H3. The lowest BCUT2D eigenvalue weighted by molar-refractivity contribution is -0.140. The third kappa shape index (κ3) is 5.97. The Morgan fingerprint density at radius 2 is 2.05 bits per heavy atom. The summed E-state index contributed by atoms with van der Waals surface area (Å²) in [6, 6.07) is 9.15. The van der Waals surface area contributed by atoms with Gasteiger partial charge in [0.2, 0.25) is 0 Å². The topological polar surface area (TPSA) is 38.3 Å².